The van der Waals surface area contributed by atoms with Crippen LogP contribution < -0.4 is 0 Å². The normalized spacial score (nSPS) is 10.4. The predicted molar refractivity (Wildman–Crippen MR) is 67.3 cm³/mol. The third kappa shape index (κ3) is 6.83. The van der Waals surface area contributed by atoms with Gasteiger partial charge in [0.1, 0.15) is 5.78 Å². The van der Waals surface area contributed by atoms with Crippen LogP contribution in [-0.4, -0.2) is 26.8 Å². The van der Waals surface area contributed by atoms with Crippen molar-refractivity contribution >= 4 is 11.8 Å². The zero-order valence-electron chi connectivity index (χ0n) is 10.5. The number of nitrogens with zero attached hydrogens (tertiary/aromatic N) is 1. The molecule has 5 nitrogen and oxygen atoms in total. The molecule has 0 spiro atoms. The van der Waals surface area contributed by atoms with Crippen LogP contribution in [-0.2, 0) is 16.0 Å². The lowest BCUT2D eigenvalue weighted by molar-refractivity contribution is -0.137. The number of unbranched alkanes of at least 4 members (excludes halogenated alkanes) is 3. The zero-order chi connectivity index (χ0) is 13.2. The molecule has 0 radical (unpaired) electrons. The van der Waals surface area contributed by atoms with Crippen molar-refractivity contribution in [3.05, 3.63) is 18.2 Å². The number of Topliss-reactive ketones (excluding diaryl/α,β-unsaturated/α-hetero) is 1. The number of carbonyl (C=O) groups excluding carboxylic acids is 1. The number of aromatic amines is 1. The smallest absolute Gasteiger partial charge is 0.303 e. The van der Waals surface area contributed by atoms with Crippen molar-refractivity contribution in [1.82, 2.24) is 9.97 Å². The Morgan fingerprint density at radius 1 is 1.11 bits per heavy atom. The second-order valence-corrected chi connectivity index (χ2v) is 4.42. The quantitative estimate of drug-likeness (QED) is 0.626. The first-order valence-corrected chi connectivity index (χ1v) is 6.39. The van der Waals surface area contributed by atoms with Gasteiger partial charge in [0.25, 0.3) is 0 Å². The van der Waals surface area contributed by atoms with Crippen LogP contribution in [0.25, 0.3) is 0 Å². The van der Waals surface area contributed by atoms with E-state index < -0.39 is 5.97 Å². The van der Waals surface area contributed by atoms with E-state index in [9.17, 15) is 9.59 Å². The van der Waals surface area contributed by atoms with Crippen molar-refractivity contribution in [3.63, 3.8) is 0 Å². The summed E-state index contributed by atoms with van der Waals surface area (Å²) in [6.07, 6.45) is 8.84. The van der Waals surface area contributed by atoms with E-state index in [1.165, 1.54) is 0 Å². The molecular weight excluding hydrogens is 232 g/mol. The molecule has 2 N–H and O–H groups in total. The summed E-state index contributed by atoms with van der Waals surface area (Å²) >= 11 is 0. The number of hydrogen-bond acceptors (Lipinski definition) is 3. The second kappa shape index (κ2) is 8.44. The molecule has 0 aliphatic rings. The highest BCUT2D eigenvalue weighted by atomic mass is 16.4. The Morgan fingerprint density at radius 2 is 1.83 bits per heavy atom. The minimum Gasteiger partial charge on any atom is -0.481 e. The Morgan fingerprint density at radius 3 is 2.44 bits per heavy atom. The van der Waals surface area contributed by atoms with E-state index in [4.69, 9.17) is 5.11 Å². The van der Waals surface area contributed by atoms with Gasteiger partial charge >= 0.3 is 5.97 Å². The summed E-state index contributed by atoms with van der Waals surface area (Å²) in [6.45, 7) is 0. The largest absolute Gasteiger partial charge is 0.481 e. The first-order chi connectivity index (χ1) is 8.68. The Balaban J connectivity index is 1.95. The summed E-state index contributed by atoms with van der Waals surface area (Å²) in [7, 11) is 0. The van der Waals surface area contributed by atoms with Gasteiger partial charge in [-0.05, 0) is 19.3 Å². The monoisotopic (exact) mass is 252 g/mol. The highest BCUT2D eigenvalue weighted by Gasteiger charge is 2.03. The van der Waals surface area contributed by atoms with E-state index in [1.807, 2.05) is 0 Å². The number of carbonyl (C=O) groups is 2. The average Bonchev–Trinajstić information content (AvgIpc) is 2.83. The molecule has 0 aliphatic heterocycles. The molecule has 0 aliphatic carbocycles. The van der Waals surface area contributed by atoms with Crippen molar-refractivity contribution in [2.75, 3.05) is 0 Å². The van der Waals surface area contributed by atoms with E-state index in [0.29, 0.717) is 19.3 Å². The lowest BCUT2D eigenvalue weighted by Gasteiger charge is -2.00. The molecule has 0 saturated carbocycles. The maximum absolute atomic E-state index is 11.6. The highest BCUT2D eigenvalue weighted by molar-refractivity contribution is 5.78. The van der Waals surface area contributed by atoms with Gasteiger partial charge in [-0.25, -0.2) is 4.98 Å². The topological polar surface area (TPSA) is 83.0 Å². The summed E-state index contributed by atoms with van der Waals surface area (Å²) in [6, 6.07) is 0. The first kappa shape index (κ1) is 14.4. The number of H-pyrrole nitrogens is 1. The maximum atomic E-state index is 11.6. The molecule has 18 heavy (non-hydrogen) atoms. The van der Waals surface area contributed by atoms with Crippen LogP contribution in [0.3, 0.4) is 0 Å². The van der Waals surface area contributed by atoms with Crippen LogP contribution in [0, 0.1) is 0 Å². The van der Waals surface area contributed by atoms with Gasteiger partial charge in [0.2, 0.25) is 0 Å². The van der Waals surface area contributed by atoms with E-state index >= 15 is 0 Å². The molecule has 1 aromatic heterocycles. The second-order valence-electron chi connectivity index (χ2n) is 4.42. The Bertz CT molecular complexity index is 360. The number of nitrogens with one attached hydrogen (secondary N) is 1. The summed E-state index contributed by atoms with van der Waals surface area (Å²) < 4.78 is 0. The first-order valence-electron chi connectivity index (χ1n) is 6.39. The van der Waals surface area contributed by atoms with Crippen LogP contribution >= 0.6 is 0 Å². The minimum atomic E-state index is -0.745. The average molecular weight is 252 g/mol. The standard InChI is InChI=1S/C13H20N2O3/c16-12(8-7-11-9-14-10-15-11)5-3-1-2-4-6-13(17)18/h9-10H,1-8H2,(H,14,15)(H,17,18). The third-order valence-corrected chi connectivity index (χ3v) is 2.82. The molecule has 0 saturated heterocycles. The molecule has 0 bridgehead atoms. The number of carboxylic acid groups (broad SMARTS) is 1. The molecule has 0 fully saturated rings. The molecule has 1 rings (SSSR count). The highest BCUT2D eigenvalue weighted by Crippen LogP contribution is 2.08. The fourth-order valence-electron chi connectivity index (χ4n) is 1.77. The fraction of sp³-hybridized carbons (Fsp3) is 0.615. The maximum Gasteiger partial charge on any atom is 0.303 e. The lowest BCUT2D eigenvalue weighted by atomic mass is 10.1. The number of imidazole rings is 1. The van der Waals surface area contributed by atoms with Crippen molar-refractivity contribution < 1.29 is 14.7 Å². The molecule has 0 amide bonds. The Labute approximate surface area is 107 Å². The van der Waals surface area contributed by atoms with E-state index in [0.717, 1.165) is 31.4 Å². The summed E-state index contributed by atoms with van der Waals surface area (Å²) in [5.41, 5.74) is 0.991. The minimum absolute atomic E-state index is 0.230. The number of carboxylic acids is 1. The molecule has 1 heterocycles. The third-order valence-electron chi connectivity index (χ3n) is 2.82. The van der Waals surface area contributed by atoms with Gasteiger partial charge in [0, 0.05) is 31.2 Å². The van der Waals surface area contributed by atoms with Gasteiger partial charge < -0.3 is 10.1 Å². The van der Waals surface area contributed by atoms with Gasteiger partial charge in [-0.2, -0.15) is 0 Å². The number of rotatable bonds is 10. The molecule has 0 unspecified atom stereocenters. The number of aryl methyl sites for hydroxylation is 1. The SMILES string of the molecule is O=C(O)CCCCCCC(=O)CCc1cnc[nH]1. The Kier molecular flexibility index (Phi) is 6.76. The van der Waals surface area contributed by atoms with E-state index in [-0.39, 0.29) is 12.2 Å². The molecular formula is C13H20N2O3. The van der Waals surface area contributed by atoms with Gasteiger partial charge in [-0.1, -0.05) is 12.8 Å². The number of aliphatic carboxylic acids is 1. The molecule has 1 aromatic rings. The summed E-state index contributed by atoms with van der Waals surface area (Å²) in [5, 5.41) is 8.46. The van der Waals surface area contributed by atoms with E-state index in [2.05, 4.69) is 9.97 Å². The number of hydrogen-bond donors (Lipinski definition) is 2. The fourth-order valence-corrected chi connectivity index (χ4v) is 1.77. The van der Waals surface area contributed by atoms with Crippen LogP contribution in [0.5, 0.6) is 0 Å². The lowest BCUT2D eigenvalue weighted by Crippen LogP contribution is -2.00. The number of ketones is 1. The van der Waals surface area contributed by atoms with Crippen molar-refractivity contribution in [2.24, 2.45) is 0 Å². The van der Waals surface area contributed by atoms with Gasteiger partial charge in [-0.15, -0.1) is 0 Å². The van der Waals surface area contributed by atoms with Gasteiger partial charge in [-0.3, -0.25) is 9.59 Å². The summed E-state index contributed by atoms with van der Waals surface area (Å²) in [4.78, 5) is 28.7. The Hall–Kier alpha value is -1.65. The van der Waals surface area contributed by atoms with Crippen LogP contribution in [0.15, 0.2) is 12.5 Å². The van der Waals surface area contributed by atoms with Crippen LogP contribution in [0.1, 0.15) is 50.6 Å². The van der Waals surface area contributed by atoms with E-state index in [1.54, 1.807) is 12.5 Å². The van der Waals surface area contributed by atoms with Gasteiger partial charge in [0.15, 0.2) is 0 Å². The molecule has 0 aromatic carbocycles. The summed E-state index contributed by atoms with van der Waals surface area (Å²) in [5.74, 6) is -0.478. The van der Waals surface area contributed by atoms with Crippen molar-refractivity contribution in [2.45, 2.75) is 51.4 Å². The molecule has 0 atom stereocenters. The van der Waals surface area contributed by atoms with Crippen molar-refractivity contribution in [1.29, 1.82) is 0 Å². The van der Waals surface area contributed by atoms with Crippen LogP contribution in [0.4, 0.5) is 0 Å². The predicted octanol–water partition coefficient (Wildman–Crippen LogP) is 2.34. The van der Waals surface area contributed by atoms with Crippen molar-refractivity contribution in [3.8, 4) is 0 Å². The van der Waals surface area contributed by atoms with Gasteiger partial charge in [0.05, 0.1) is 6.33 Å². The van der Waals surface area contributed by atoms with Crippen LogP contribution in [0.2, 0.25) is 0 Å². The zero-order valence-corrected chi connectivity index (χ0v) is 10.5. The number of aromatic nitrogens is 2. The molecule has 5 heteroatoms. The molecule has 100 valence electrons.